The summed E-state index contributed by atoms with van der Waals surface area (Å²) in [6.07, 6.45) is 0. The third-order valence-electron chi connectivity index (χ3n) is 2.55. The molecular weight excluding hydrogens is 264 g/mol. The monoisotopic (exact) mass is 280 g/mol. The fraction of sp³-hybridized carbons (Fsp3) is 0.545. The van der Waals surface area contributed by atoms with Gasteiger partial charge >= 0.3 is 5.69 Å². The summed E-state index contributed by atoms with van der Waals surface area (Å²) in [7, 11) is 0. The van der Waals surface area contributed by atoms with Crippen LogP contribution in [0.5, 0.6) is 0 Å². The highest BCUT2D eigenvalue weighted by Gasteiger charge is 2.24. The van der Waals surface area contributed by atoms with Gasteiger partial charge in [-0.05, 0) is 6.92 Å². The summed E-state index contributed by atoms with van der Waals surface area (Å²) in [5.74, 6) is 0.215. The number of rotatable bonds is 3. The molecule has 3 N–H and O–H groups in total. The predicted molar refractivity (Wildman–Crippen MR) is 68.1 cm³/mol. The van der Waals surface area contributed by atoms with Gasteiger partial charge in [-0.25, -0.2) is 9.89 Å². The Labute approximate surface area is 114 Å². The minimum Gasteiger partial charge on any atom is -0.338 e. The van der Waals surface area contributed by atoms with Gasteiger partial charge in [0.15, 0.2) is 5.82 Å². The van der Waals surface area contributed by atoms with Gasteiger partial charge in [0, 0.05) is 5.41 Å². The molecule has 0 spiro atoms. The van der Waals surface area contributed by atoms with E-state index in [2.05, 4.69) is 30.6 Å². The molecule has 9 heteroatoms. The third-order valence-corrected chi connectivity index (χ3v) is 2.55. The first kappa shape index (κ1) is 14.0. The molecule has 0 saturated heterocycles. The second kappa shape index (κ2) is 4.91. The zero-order valence-electron chi connectivity index (χ0n) is 11.6. The number of hydrogen-bond acceptors (Lipinski definition) is 6. The summed E-state index contributed by atoms with van der Waals surface area (Å²) in [6.45, 7) is 7.57. The van der Waals surface area contributed by atoms with Crippen LogP contribution in [-0.2, 0) is 5.41 Å². The highest BCUT2D eigenvalue weighted by molar-refractivity contribution is 5.90. The fourth-order valence-corrected chi connectivity index (χ4v) is 1.42. The quantitative estimate of drug-likeness (QED) is 0.739. The van der Waals surface area contributed by atoms with Crippen LogP contribution in [0.3, 0.4) is 0 Å². The molecule has 0 radical (unpaired) electrons. The van der Waals surface area contributed by atoms with Crippen molar-refractivity contribution in [2.45, 2.75) is 39.2 Å². The molecule has 108 valence electrons. The highest BCUT2D eigenvalue weighted by atomic mass is 16.5. The number of aromatic amines is 2. The first-order valence-corrected chi connectivity index (χ1v) is 6.07. The van der Waals surface area contributed by atoms with Crippen LogP contribution in [0.4, 0.5) is 0 Å². The number of hydrogen-bond donors (Lipinski definition) is 3. The maximum atomic E-state index is 11.8. The second-order valence-corrected chi connectivity index (χ2v) is 5.43. The van der Waals surface area contributed by atoms with Crippen LogP contribution >= 0.6 is 0 Å². The van der Waals surface area contributed by atoms with E-state index in [0.717, 1.165) is 0 Å². The van der Waals surface area contributed by atoms with Gasteiger partial charge in [0.05, 0.1) is 0 Å². The van der Waals surface area contributed by atoms with Crippen LogP contribution in [0.1, 0.15) is 56.1 Å². The van der Waals surface area contributed by atoms with Gasteiger partial charge in [0.1, 0.15) is 6.04 Å². The molecule has 2 aromatic rings. The molecule has 0 saturated carbocycles. The van der Waals surface area contributed by atoms with Gasteiger partial charge in [-0.1, -0.05) is 25.9 Å². The van der Waals surface area contributed by atoms with E-state index in [0.29, 0.717) is 11.7 Å². The summed E-state index contributed by atoms with van der Waals surface area (Å²) in [6, 6.07) is -0.494. The van der Waals surface area contributed by atoms with Crippen molar-refractivity contribution in [1.82, 2.24) is 30.6 Å². The Morgan fingerprint density at radius 2 is 2.10 bits per heavy atom. The first-order valence-electron chi connectivity index (χ1n) is 6.07. The number of aromatic nitrogens is 5. The molecule has 0 aliphatic heterocycles. The van der Waals surface area contributed by atoms with Gasteiger partial charge < -0.3 is 9.84 Å². The zero-order chi connectivity index (χ0) is 14.9. The molecule has 2 rings (SSSR count). The van der Waals surface area contributed by atoms with Gasteiger partial charge in [-0.2, -0.15) is 4.98 Å². The Bertz CT molecular complexity index is 662. The predicted octanol–water partition coefficient (Wildman–Crippen LogP) is 0.269. The van der Waals surface area contributed by atoms with Crippen LogP contribution in [0.25, 0.3) is 0 Å². The van der Waals surface area contributed by atoms with Crippen molar-refractivity contribution in [3.63, 3.8) is 0 Å². The lowest BCUT2D eigenvalue weighted by atomic mass is 9.96. The molecule has 2 heterocycles. The molecule has 0 aromatic carbocycles. The Morgan fingerprint density at radius 1 is 1.40 bits per heavy atom. The Hall–Kier alpha value is -2.45. The molecule has 9 nitrogen and oxygen atoms in total. The van der Waals surface area contributed by atoms with E-state index in [9.17, 15) is 9.59 Å². The first-order chi connectivity index (χ1) is 9.27. The summed E-state index contributed by atoms with van der Waals surface area (Å²) in [5, 5.41) is 12.1. The Morgan fingerprint density at radius 3 is 2.60 bits per heavy atom. The normalized spacial score (nSPS) is 13.2. The Balaban J connectivity index is 2.08. The van der Waals surface area contributed by atoms with E-state index in [4.69, 9.17) is 4.52 Å². The fourth-order valence-electron chi connectivity index (χ4n) is 1.42. The third kappa shape index (κ3) is 2.92. The number of nitrogens with zero attached hydrogens (tertiary/aromatic N) is 3. The summed E-state index contributed by atoms with van der Waals surface area (Å²) < 4.78 is 5.12. The number of amides is 1. The van der Waals surface area contributed by atoms with Crippen molar-refractivity contribution in [1.29, 1.82) is 0 Å². The largest absolute Gasteiger partial charge is 0.341 e. The van der Waals surface area contributed by atoms with Crippen molar-refractivity contribution in [2.75, 3.05) is 0 Å². The topological polar surface area (TPSA) is 130 Å². The molecule has 1 amide bonds. The lowest BCUT2D eigenvalue weighted by molar-refractivity contribution is 0.0922. The standard InChI is InChI=1S/C11H16N6O3/c1-5(8-14-9(17-20-8)11(2,3)4)12-7(18)6-13-10(19)16-15-6/h5H,1-4H3,(H,12,18)(H2,13,15,16,19)/t5-/m0/s1. The maximum Gasteiger partial charge on any atom is 0.341 e. The molecule has 0 aliphatic rings. The van der Waals surface area contributed by atoms with Crippen molar-refractivity contribution < 1.29 is 9.32 Å². The average molecular weight is 280 g/mol. The highest BCUT2D eigenvalue weighted by Crippen LogP contribution is 2.20. The zero-order valence-corrected chi connectivity index (χ0v) is 11.6. The number of nitrogens with one attached hydrogen (secondary N) is 3. The second-order valence-electron chi connectivity index (χ2n) is 5.43. The minimum absolute atomic E-state index is 0.0996. The molecule has 1 atom stereocenters. The molecule has 0 bridgehead atoms. The van der Waals surface area contributed by atoms with E-state index in [-0.39, 0.29) is 11.2 Å². The van der Waals surface area contributed by atoms with Crippen molar-refractivity contribution in [2.24, 2.45) is 0 Å². The van der Waals surface area contributed by atoms with E-state index in [1.165, 1.54) is 0 Å². The number of H-pyrrole nitrogens is 2. The molecular formula is C11H16N6O3. The SMILES string of the molecule is C[C@H](NC(=O)c1n[nH]c(=O)[nH]1)c1nc(C(C)(C)C)no1. The van der Waals surface area contributed by atoms with Gasteiger partial charge in [0.25, 0.3) is 5.91 Å². The lowest BCUT2D eigenvalue weighted by Crippen LogP contribution is -2.28. The van der Waals surface area contributed by atoms with Gasteiger partial charge in [0.2, 0.25) is 11.7 Å². The average Bonchev–Trinajstić information content (AvgIpc) is 2.95. The molecule has 0 unspecified atom stereocenters. The van der Waals surface area contributed by atoms with E-state index in [1.54, 1.807) is 6.92 Å². The summed E-state index contributed by atoms with van der Waals surface area (Å²) in [4.78, 5) is 29.2. The number of carbonyl (C=O) groups excluding carboxylic acids is 1. The van der Waals surface area contributed by atoms with Crippen LogP contribution in [0.2, 0.25) is 0 Å². The van der Waals surface area contributed by atoms with Gasteiger partial charge in [-0.15, -0.1) is 5.10 Å². The lowest BCUT2D eigenvalue weighted by Gasteiger charge is -2.11. The van der Waals surface area contributed by atoms with Crippen molar-refractivity contribution >= 4 is 5.91 Å². The van der Waals surface area contributed by atoms with Crippen molar-refractivity contribution in [3.8, 4) is 0 Å². The molecule has 0 fully saturated rings. The maximum absolute atomic E-state index is 11.8. The van der Waals surface area contributed by atoms with Crippen LogP contribution < -0.4 is 11.0 Å². The van der Waals surface area contributed by atoms with Gasteiger partial charge in [-0.3, -0.25) is 9.78 Å². The molecule has 2 aromatic heterocycles. The smallest absolute Gasteiger partial charge is 0.338 e. The van der Waals surface area contributed by atoms with E-state index in [1.807, 2.05) is 20.8 Å². The molecule has 0 aliphatic carbocycles. The minimum atomic E-state index is -0.546. The van der Waals surface area contributed by atoms with E-state index < -0.39 is 17.6 Å². The number of carbonyl (C=O) groups is 1. The van der Waals surface area contributed by atoms with Crippen LogP contribution in [-0.4, -0.2) is 31.2 Å². The van der Waals surface area contributed by atoms with Crippen molar-refractivity contribution in [3.05, 3.63) is 28.0 Å². The van der Waals surface area contributed by atoms with E-state index >= 15 is 0 Å². The van der Waals surface area contributed by atoms with Crippen LogP contribution in [0.15, 0.2) is 9.32 Å². The summed E-state index contributed by atoms with van der Waals surface area (Å²) in [5.41, 5.74) is -0.783. The summed E-state index contributed by atoms with van der Waals surface area (Å²) >= 11 is 0. The molecule has 20 heavy (non-hydrogen) atoms. The Kier molecular flexibility index (Phi) is 3.43. The van der Waals surface area contributed by atoms with Crippen LogP contribution in [0, 0.1) is 0 Å².